The summed E-state index contributed by atoms with van der Waals surface area (Å²) in [4.78, 5) is 30.1. The number of pyridine rings is 1. The van der Waals surface area contributed by atoms with Gasteiger partial charge < -0.3 is 20.6 Å². The van der Waals surface area contributed by atoms with Crippen LogP contribution in [0.4, 0.5) is 10.6 Å². The first-order valence-corrected chi connectivity index (χ1v) is 12.9. The Kier molecular flexibility index (Phi) is 7.32. The van der Waals surface area contributed by atoms with Crippen molar-refractivity contribution in [3.63, 3.8) is 0 Å². The Hall–Kier alpha value is -3.18. The fourth-order valence-electron chi connectivity index (χ4n) is 4.13. The van der Waals surface area contributed by atoms with E-state index in [1.807, 2.05) is 12.1 Å². The molecule has 1 aromatic carbocycles. The first-order chi connectivity index (χ1) is 16.3. The zero-order chi connectivity index (χ0) is 24.1. The molecule has 1 aromatic heterocycles. The molecule has 0 spiro atoms. The topological polar surface area (TPSA) is 141 Å². The maximum Gasteiger partial charge on any atom is 0.323 e. The average molecular weight is 488 g/mol. The number of aromatic nitrogens is 1. The quantitative estimate of drug-likeness (QED) is 0.468. The molecule has 2 aliphatic rings. The fraction of sp³-hybridized carbons (Fsp3) is 0.435. The molecular weight excluding hydrogens is 458 g/mol. The summed E-state index contributed by atoms with van der Waals surface area (Å²) in [6.07, 6.45) is 4.89. The molecular formula is C23H29N5O5S. The van der Waals surface area contributed by atoms with Gasteiger partial charge in [-0.1, -0.05) is 18.2 Å². The fourth-order valence-corrected chi connectivity index (χ4v) is 5.32. The lowest BCUT2D eigenvalue weighted by Gasteiger charge is -2.27. The number of likely N-dealkylation sites (tertiary alicyclic amines) is 1. The SMILES string of the molecule is O=C(O)[C@H](CNC(=O)N1CCCCC1)NS(=O)(=O)c1ccc(-c2ccc3c(n2)NCCC3)cc1. The van der Waals surface area contributed by atoms with Crippen molar-refractivity contribution in [3.8, 4) is 11.3 Å². The minimum absolute atomic E-state index is 0.0686. The summed E-state index contributed by atoms with van der Waals surface area (Å²) >= 11 is 0. The van der Waals surface area contributed by atoms with Crippen LogP contribution in [0.5, 0.6) is 0 Å². The molecule has 1 atom stereocenters. The van der Waals surface area contributed by atoms with Crippen LogP contribution >= 0.6 is 0 Å². The van der Waals surface area contributed by atoms with Crippen molar-refractivity contribution in [3.05, 3.63) is 42.0 Å². The monoisotopic (exact) mass is 487 g/mol. The molecule has 182 valence electrons. The molecule has 0 saturated carbocycles. The van der Waals surface area contributed by atoms with Crippen molar-refractivity contribution in [1.82, 2.24) is 19.9 Å². The van der Waals surface area contributed by atoms with Crippen LogP contribution < -0.4 is 15.4 Å². The number of hydrogen-bond donors (Lipinski definition) is 4. The molecule has 3 heterocycles. The van der Waals surface area contributed by atoms with E-state index in [0.29, 0.717) is 18.8 Å². The number of rotatable bonds is 7. The second kappa shape index (κ2) is 10.4. The molecule has 0 bridgehead atoms. The first-order valence-electron chi connectivity index (χ1n) is 11.5. The number of nitrogens with zero attached hydrogens (tertiary/aromatic N) is 2. The van der Waals surface area contributed by atoms with E-state index in [9.17, 15) is 23.1 Å². The number of fused-ring (bicyclic) bond motifs is 1. The predicted octanol–water partition coefficient (Wildman–Crippen LogP) is 2.03. The number of aliphatic carboxylic acids is 1. The van der Waals surface area contributed by atoms with Crippen LogP contribution in [-0.4, -0.2) is 67.6 Å². The van der Waals surface area contributed by atoms with E-state index in [1.54, 1.807) is 17.0 Å². The lowest BCUT2D eigenvalue weighted by atomic mass is 10.1. The van der Waals surface area contributed by atoms with Gasteiger partial charge in [-0.25, -0.2) is 18.2 Å². The lowest BCUT2D eigenvalue weighted by Crippen LogP contribution is -2.51. The van der Waals surface area contributed by atoms with E-state index < -0.39 is 22.0 Å². The van der Waals surface area contributed by atoms with Crippen molar-refractivity contribution in [2.24, 2.45) is 0 Å². The highest BCUT2D eigenvalue weighted by Crippen LogP contribution is 2.26. The van der Waals surface area contributed by atoms with Crippen LogP contribution in [0, 0.1) is 0 Å². The number of carboxylic acid groups (broad SMARTS) is 1. The van der Waals surface area contributed by atoms with Gasteiger partial charge in [0.2, 0.25) is 10.0 Å². The molecule has 0 unspecified atom stereocenters. The highest BCUT2D eigenvalue weighted by molar-refractivity contribution is 7.89. The Labute approximate surface area is 198 Å². The molecule has 0 radical (unpaired) electrons. The summed E-state index contributed by atoms with van der Waals surface area (Å²) in [5, 5.41) is 15.3. The molecule has 34 heavy (non-hydrogen) atoms. The zero-order valence-electron chi connectivity index (χ0n) is 18.8. The second-order valence-electron chi connectivity index (χ2n) is 8.50. The standard InChI is InChI=1S/C23H29N5O5S/c29-22(30)20(15-25-23(31)28-13-2-1-3-14-28)27-34(32,33)18-9-6-16(7-10-18)19-11-8-17-5-4-12-24-21(17)26-19/h6-11,20,27H,1-5,12-15H2,(H,24,26)(H,25,31)(H,29,30)/t20-/m0/s1. The first kappa shape index (κ1) is 24.0. The maximum atomic E-state index is 12.8. The number of sulfonamides is 1. The van der Waals surface area contributed by atoms with Crippen molar-refractivity contribution in [2.45, 2.75) is 43.0 Å². The molecule has 1 saturated heterocycles. The highest BCUT2D eigenvalue weighted by Gasteiger charge is 2.27. The molecule has 1 fully saturated rings. The van der Waals surface area contributed by atoms with Crippen LogP contribution in [0.15, 0.2) is 41.3 Å². The van der Waals surface area contributed by atoms with E-state index in [4.69, 9.17) is 0 Å². The molecule has 2 aromatic rings. The Balaban J connectivity index is 1.42. The van der Waals surface area contributed by atoms with Crippen LogP contribution in [-0.2, 0) is 21.2 Å². The average Bonchev–Trinajstić information content (AvgIpc) is 2.86. The van der Waals surface area contributed by atoms with E-state index in [1.165, 1.54) is 12.1 Å². The number of carboxylic acids is 1. The number of carbonyl (C=O) groups is 2. The maximum absolute atomic E-state index is 12.8. The minimum Gasteiger partial charge on any atom is -0.480 e. The number of hydrogen-bond acceptors (Lipinski definition) is 6. The van der Waals surface area contributed by atoms with Gasteiger partial charge in [-0.15, -0.1) is 0 Å². The van der Waals surface area contributed by atoms with Crippen molar-refractivity contribution in [1.29, 1.82) is 0 Å². The third-order valence-corrected chi connectivity index (χ3v) is 7.54. The molecule has 10 nitrogen and oxygen atoms in total. The van der Waals surface area contributed by atoms with Crippen LogP contribution in [0.25, 0.3) is 11.3 Å². The summed E-state index contributed by atoms with van der Waals surface area (Å²) in [5.41, 5.74) is 2.62. The van der Waals surface area contributed by atoms with Gasteiger partial charge in [0.15, 0.2) is 0 Å². The van der Waals surface area contributed by atoms with Crippen molar-refractivity contribution in [2.75, 3.05) is 31.5 Å². The zero-order valence-corrected chi connectivity index (χ0v) is 19.6. The summed E-state index contributed by atoms with van der Waals surface area (Å²) in [5.74, 6) is -0.525. The predicted molar refractivity (Wildman–Crippen MR) is 127 cm³/mol. The Morgan fingerprint density at radius 2 is 1.79 bits per heavy atom. The third-order valence-electron chi connectivity index (χ3n) is 6.05. The number of benzene rings is 1. The molecule has 2 aliphatic heterocycles. The van der Waals surface area contributed by atoms with Gasteiger partial charge >= 0.3 is 12.0 Å². The van der Waals surface area contributed by atoms with Gasteiger partial charge in [-0.3, -0.25) is 4.79 Å². The number of aryl methyl sites for hydroxylation is 1. The number of anilines is 1. The third kappa shape index (κ3) is 5.65. The number of piperidine rings is 1. The highest BCUT2D eigenvalue weighted by atomic mass is 32.2. The molecule has 2 amide bonds. The largest absolute Gasteiger partial charge is 0.480 e. The van der Waals surface area contributed by atoms with E-state index >= 15 is 0 Å². The summed E-state index contributed by atoms with van der Waals surface area (Å²) < 4.78 is 27.8. The molecule has 4 N–H and O–H groups in total. The number of nitrogens with one attached hydrogen (secondary N) is 3. The van der Waals surface area contributed by atoms with Crippen LogP contribution in [0.2, 0.25) is 0 Å². The normalized spacial score (nSPS) is 16.8. The smallest absolute Gasteiger partial charge is 0.323 e. The minimum atomic E-state index is -4.12. The van der Waals surface area contributed by atoms with Crippen molar-refractivity contribution >= 4 is 27.8 Å². The van der Waals surface area contributed by atoms with Gasteiger partial charge in [0.05, 0.1) is 10.6 Å². The summed E-state index contributed by atoms with van der Waals surface area (Å²) in [7, 11) is -4.12. The van der Waals surface area contributed by atoms with Crippen LogP contribution in [0.1, 0.15) is 31.2 Å². The lowest BCUT2D eigenvalue weighted by molar-refractivity contribution is -0.138. The van der Waals surface area contributed by atoms with E-state index in [0.717, 1.165) is 55.6 Å². The van der Waals surface area contributed by atoms with Crippen molar-refractivity contribution < 1.29 is 23.1 Å². The Morgan fingerprint density at radius 3 is 2.50 bits per heavy atom. The van der Waals surface area contributed by atoms with Gasteiger partial charge in [-0.2, -0.15) is 4.72 Å². The summed E-state index contributed by atoms with van der Waals surface area (Å²) in [6, 6.07) is 8.15. The number of carbonyl (C=O) groups excluding carboxylic acids is 1. The summed E-state index contributed by atoms with van der Waals surface area (Å²) in [6.45, 7) is 1.73. The van der Waals surface area contributed by atoms with E-state index in [-0.39, 0.29) is 17.5 Å². The van der Waals surface area contributed by atoms with Crippen LogP contribution in [0.3, 0.4) is 0 Å². The van der Waals surface area contributed by atoms with Gasteiger partial charge in [0, 0.05) is 31.7 Å². The van der Waals surface area contributed by atoms with E-state index in [2.05, 4.69) is 20.3 Å². The van der Waals surface area contributed by atoms with Gasteiger partial charge in [0.1, 0.15) is 11.9 Å². The number of urea groups is 1. The molecule has 11 heteroatoms. The molecule has 0 aliphatic carbocycles. The number of amides is 2. The molecule has 4 rings (SSSR count). The van der Waals surface area contributed by atoms with Gasteiger partial charge in [0.25, 0.3) is 0 Å². The Bertz CT molecular complexity index is 1150. The van der Waals surface area contributed by atoms with Gasteiger partial charge in [-0.05, 0) is 55.9 Å². The second-order valence-corrected chi connectivity index (χ2v) is 10.2. The Morgan fingerprint density at radius 1 is 1.06 bits per heavy atom.